The van der Waals surface area contributed by atoms with E-state index in [0.29, 0.717) is 6.61 Å². The number of nitrogens with zero attached hydrogens (tertiary/aromatic N) is 1. The predicted molar refractivity (Wildman–Crippen MR) is 57.3 cm³/mol. The summed E-state index contributed by atoms with van der Waals surface area (Å²) in [6, 6.07) is 0. The maximum Gasteiger partial charge on any atom is 0.216 e. The molecular weight excluding hydrogens is 218 g/mol. The van der Waals surface area contributed by atoms with Gasteiger partial charge in [0.25, 0.3) is 0 Å². The fourth-order valence-corrected chi connectivity index (χ4v) is 2.80. The van der Waals surface area contributed by atoms with E-state index in [4.69, 9.17) is 15.9 Å². The number of likely N-dealkylation sites (N-methyl/N-ethyl adjacent to an activating group) is 1. The average molecular weight is 235 g/mol. The van der Waals surface area contributed by atoms with Gasteiger partial charge in [-0.1, -0.05) is 0 Å². The van der Waals surface area contributed by atoms with Crippen LogP contribution in [0.1, 0.15) is 12.8 Å². The lowest BCUT2D eigenvalue weighted by atomic mass is 10.3. The van der Waals surface area contributed by atoms with Gasteiger partial charge < -0.3 is 10.5 Å². The van der Waals surface area contributed by atoms with Crippen LogP contribution in [-0.4, -0.2) is 50.6 Å². The third kappa shape index (κ3) is 3.77. The third-order valence-electron chi connectivity index (χ3n) is 2.29. The highest BCUT2D eigenvalue weighted by Gasteiger charge is 2.26. The molecule has 1 atom stereocenters. The monoisotopic (exact) mass is 235 g/mol. The largest absolute Gasteiger partial charge is 0.387 e. The first-order valence-corrected chi connectivity index (χ1v) is 6.41. The first-order chi connectivity index (χ1) is 6.92. The molecule has 7 heteroatoms. The lowest BCUT2D eigenvalue weighted by Gasteiger charge is -2.18. The van der Waals surface area contributed by atoms with Crippen LogP contribution < -0.4 is 5.73 Å². The molecule has 1 aliphatic heterocycles. The van der Waals surface area contributed by atoms with Crippen LogP contribution in [0.4, 0.5) is 0 Å². The number of hydrogen-bond donors (Lipinski definition) is 2. The van der Waals surface area contributed by atoms with Crippen LogP contribution in [0.5, 0.6) is 0 Å². The standard InChI is InChI=1S/C8H17N3O3S/c1-11(5-8(9)10)15(12,13)6-7-3-2-4-14-7/h7H,2-6H2,1H3,(H3,9,10). The van der Waals surface area contributed by atoms with E-state index >= 15 is 0 Å². The topological polar surface area (TPSA) is 96.5 Å². The van der Waals surface area contributed by atoms with E-state index in [-0.39, 0.29) is 24.2 Å². The predicted octanol–water partition coefficient (Wildman–Crippen LogP) is -0.637. The third-order valence-corrected chi connectivity index (χ3v) is 4.16. The Bertz CT molecular complexity index is 322. The quantitative estimate of drug-likeness (QED) is 0.489. The average Bonchev–Trinajstić information content (AvgIpc) is 2.54. The van der Waals surface area contributed by atoms with Crippen LogP contribution in [0.2, 0.25) is 0 Å². The maximum atomic E-state index is 11.7. The van der Waals surface area contributed by atoms with E-state index in [9.17, 15) is 8.42 Å². The van der Waals surface area contributed by atoms with Crippen LogP contribution in [0.25, 0.3) is 0 Å². The fourth-order valence-electron chi connectivity index (χ4n) is 1.48. The molecule has 0 aromatic heterocycles. The summed E-state index contributed by atoms with van der Waals surface area (Å²) in [6.07, 6.45) is 1.49. The van der Waals surface area contributed by atoms with E-state index < -0.39 is 10.0 Å². The first-order valence-electron chi connectivity index (χ1n) is 4.80. The van der Waals surface area contributed by atoms with Gasteiger partial charge in [0.1, 0.15) is 5.84 Å². The van der Waals surface area contributed by atoms with E-state index in [1.54, 1.807) is 0 Å². The second-order valence-electron chi connectivity index (χ2n) is 3.69. The van der Waals surface area contributed by atoms with Crippen molar-refractivity contribution in [1.82, 2.24) is 4.31 Å². The minimum Gasteiger partial charge on any atom is -0.387 e. The van der Waals surface area contributed by atoms with Crippen molar-refractivity contribution in [3.8, 4) is 0 Å². The van der Waals surface area contributed by atoms with E-state index in [1.807, 2.05) is 0 Å². The van der Waals surface area contributed by atoms with Crippen LogP contribution in [-0.2, 0) is 14.8 Å². The minimum absolute atomic E-state index is 0.0171. The Kier molecular flexibility index (Phi) is 4.06. The summed E-state index contributed by atoms with van der Waals surface area (Å²) in [5.74, 6) is -0.176. The normalized spacial score (nSPS) is 22.1. The molecule has 0 bridgehead atoms. The molecule has 1 unspecified atom stereocenters. The molecule has 1 heterocycles. The Labute approximate surface area is 89.9 Å². The smallest absolute Gasteiger partial charge is 0.216 e. The van der Waals surface area contributed by atoms with Crippen molar-refractivity contribution in [2.75, 3.05) is 26.0 Å². The molecule has 0 aromatic carbocycles. The SMILES string of the molecule is CN(CC(=N)N)S(=O)(=O)CC1CCCO1. The number of hydrogen-bond acceptors (Lipinski definition) is 4. The second kappa shape index (κ2) is 4.91. The first kappa shape index (κ1) is 12.4. The summed E-state index contributed by atoms with van der Waals surface area (Å²) in [7, 11) is -1.93. The molecule has 1 aliphatic rings. The van der Waals surface area contributed by atoms with Crippen molar-refractivity contribution in [3.05, 3.63) is 0 Å². The second-order valence-corrected chi connectivity index (χ2v) is 5.82. The number of amidine groups is 1. The van der Waals surface area contributed by atoms with Crippen molar-refractivity contribution in [3.63, 3.8) is 0 Å². The number of nitrogens with one attached hydrogen (secondary N) is 1. The molecule has 0 spiro atoms. The van der Waals surface area contributed by atoms with Gasteiger partial charge in [-0.3, -0.25) is 5.41 Å². The van der Waals surface area contributed by atoms with E-state index in [0.717, 1.165) is 17.1 Å². The van der Waals surface area contributed by atoms with Crippen LogP contribution in [0.3, 0.4) is 0 Å². The van der Waals surface area contributed by atoms with Crippen LogP contribution in [0.15, 0.2) is 0 Å². The zero-order chi connectivity index (χ0) is 11.5. The number of ether oxygens (including phenoxy) is 1. The molecule has 1 rings (SSSR count). The van der Waals surface area contributed by atoms with Crippen molar-refractivity contribution >= 4 is 15.9 Å². The summed E-state index contributed by atoms with van der Waals surface area (Å²) >= 11 is 0. The van der Waals surface area contributed by atoms with Gasteiger partial charge in [0, 0.05) is 13.7 Å². The van der Waals surface area contributed by atoms with Gasteiger partial charge in [-0.15, -0.1) is 0 Å². The van der Waals surface area contributed by atoms with Gasteiger partial charge in [-0.25, -0.2) is 8.42 Å². The molecule has 6 nitrogen and oxygen atoms in total. The zero-order valence-electron chi connectivity index (χ0n) is 8.77. The number of rotatable bonds is 5. The van der Waals surface area contributed by atoms with Crippen molar-refractivity contribution < 1.29 is 13.2 Å². The van der Waals surface area contributed by atoms with E-state index in [1.165, 1.54) is 7.05 Å². The Morgan fingerprint density at radius 2 is 2.33 bits per heavy atom. The van der Waals surface area contributed by atoms with Gasteiger partial charge in [-0.05, 0) is 12.8 Å². The Morgan fingerprint density at radius 1 is 1.67 bits per heavy atom. The minimum atomic E-state index is -3.35. The van der Waals surface area contributed by atoms with Gasteiger partial charge in [-0.2, -0.15) is 4.31 Å². The summed E-state index contributed by atoms with van der Waals surface area (Å²) in [5, 5.41) is 7.03. The van der Waals surface area contributed by atoms with E-state index in [2.05, 4.69) is 0 Å². The van der Waals surface area contributed by atoms with Crippen molar-refractivity contribution in [1.29, 1.82) is 5.41 Å². The van der Waals surface area contributed by atoms with Gasteiger partial charge >= 0.3 is 0 Å². The lowest BCUT2D eigenvalue weighted by Crippen LogP contribution is -2.38. The molecule has 0 radical (unpaired) electrons. The molecule has 1 saturated heterocycles. The summed E-state index contributed by atoms with van der Waals surface area (Å²) in [6.45, 7) is 0.575. The Morgan fingerprint density at radius 3 is 2.80 bits per heavy atom. The highest BCUT2D eigenvalue weighted by Crippen LogP contribution is 2.15. The molecule has 0 aromatic rings. The van der Waals surface area contributed by atoms with Gasteiger partial charge in [0.05, 0.1) is 18.4 Å². The molecule has 3 N–H and O–H groups in total. The number of sulfonamides is 1. The lowest BCUT2D eigenvalue weighted by molar-refractivity contribution is 0.126. The molecule has 0 amide bonds. The highest BCUT2D eigenvalue weighted by atomic mass is 32.2. The highest BCUT2D eigenvalue weighted by molar-refractivity contribution is 7.89. The molecule has 88 valence electrons. The van der Waals surface area contributed by atoms with Gasteiger partial charge in [0.2, 0.25) is 10.0 Å². The molecule has 15 heavy (non-hydrogen) atoms. The molecule has 0 saturated carbocycles. The molecular formula is C8H17N3O3S. The van der Waals surface area contributed by atoms with Crippen molar-refractivity contribution in [2.24, 2.45) is 5.73 Å². The maximum absolute atomic E-state index is 11.7. The zero-order valence-corrected chi connectivity index (χ0v) is 9.59. The summed E-state index contributed by atoms with van der Waals surface area (Å²) < 4.78 is 29.8. The Hall–Kier alpha value is -0.660. The van der Waals surface area contributed by atoms with Crippen LogP contribution in [0, 0.1) is 5.41 Å². The number of nitrogens with two attached hydrogens (primary N) is 1. The fraction of sp³-hybridized carbons (Fsp3) is 0.875. The van der Waals surface area contributed by atoms with Crippen molar-refractivity contribution in [2.45, 2.75) is 18.9 Å². The summed E-state index contributed by atoms with van der Waals surface area (Å²) in [4.78, 5) is 0. The molecule has 1 fully saturated rings. The Balaban J connectivity index is 2.53. The van der Waals surface area contributed by atoms with Gasteiger partial charge in [0.15, 0.2) is 0 Å². The molecule has 0 aliphatic carbocycles. The van der Waals surface area contributed by atoms with Crippen LogP contribution >= 0.6 is 0 Å². The summed E-state index contributed by atoms with van der Waals surface area (Å²) in [5.41, 5.74) is 5.14.